The van der Waals surface area contributed by atoms with Crippen molar-refractivity contribution in [3.8, 4) is 5.75 Å². The Bertz CT molecular complexity index is 1010. The van der Waals surface area contributed by atoms with Crippen LogP contribution in [0.4, 0.5) is 11.4 Å². The number of aromatic hydroxyl groups is 1. The van der Waals surface area contributed by atoms with Crippen LogP contribution < -0.4 is 5.69 Å². The van der Waals surface area contributed by atoms with Crippen LogP contribution in [-0.2, 0) is 0 Å². The van der Waals surface area contributed by atoms with Crippen LogP contribution in [0.2, 0.25) is 0 Å². The molecule has 0 spiro atoms. The summed E-state index contributed by atoms with van der Waals surface area (Å²) in [5, 5.41) is 20.8. The van der Waals surface area contributed by atoms with Gasteiger partial charge in [0, 0.05) is 23.9 Å². The molecule has 0 unspecified atom stereocenters. The highest BCUT2D eigenvalue weighted by Gasteiger charge is 2.13. The molecule has 0 aliphatic heterocycles. The Balaban J connectivity index is 2.00. The predicted octanol–water partition coefficient (Wildman–Crippen LogP) is 2.98. The fourth-order valence-corrected chi connectivity index (χ4v) is 2.52. The van der Waals surface area contributed by atoms with E-state index in [1.165, 1.54) is 18.3 Å². The van der Waals surface area contributed by atoms with Crippen molar-refractivity contribution in [3.05, 3.63) is 61.0 Å². The van der Waals surface area contributed by atoms with Crippen LogP contribution in [0.15, 0.2) is 44.6 Å². The zero-order chi connectivity index (χ0) is 16.6. The number of hydrogen-bond acceptors (Lipinski definition) is 5. The molecule has 0 aliphatic carbocycles. The fraction of sp³-hybridized carbons (Fsp3) is 0. The Morgan fingerprint density at radius 1 is 1.22 bits per heavy atom. The van der Waals surface area contributed by atoms with Crippen LogP contribution in [0.25, 0.3) is 11.0 Å². The van der Waals surface area contributed by atoms with Crippen molar-refractivity contribution >= 4 is 44.6 Å². The number of H-pyrrole nitrogens is 2. The minimum absolute atomic E-state index is 0.143. The van der Waals surface area contributed by atoms with Crippen molar-refractivity contribution in [2.45, 2.75) is 0 Å². The number of nitro groups is 1. The molecule has 1 heterocycles. The van der Waals surface area contributed by atoms with E-state index in [1.807, 2.05) is 0 Å². The molecular formula is C14H9BrN4O4. The zero-order valence-corrected chi connectivity index (χ0v) is 13.0. The summed E-state index contributed by atoms with van der Waals surface area (Å²) < 4.78 is 0.207. The maximum absolute atomic E-state index is 11.2. The number of non-ortho nitro benzene ring substituents is 1. The number of phenols is 1. The molecule has 0 saturated carbocycles. The highest BCUT2D eigenvalue weighted by atomic mass is 79.9. The van der Waals surface area contributed by atoms with E-state index in [1.54, 1.807) is 18.2 Å². The summed E-state index contributed by atoms with van der Waals surface area (Å²) in [6, 6.07) is 7.44. The SMILES string of the molecule is O=c1[nH]c2ccc(N=Cc3cc([N+](=O)[O-])cc(Br)c3O)cc2[nH]1. The Morgan fingerprint density at radius 3 is 2.70 bits per heavy atom. The molecule has 0 aliphatic rings. The van der Waals surface area contributed by atoms with Crippen LogP contribution in [0.5, 0.6) is 5.75 Å². The number of nitrogens with zero attached hydrogens (tertiary/aromatic N) is 2. The number of phenolic OH excluding ortho intramolecular Hbond substituents is 1. The highest BCUT2D eigenvalue weighted by Crippen LogP contribution is 2.32. The minimum Gasteiger partial charge on any atom is -0.506 e. The molecule has 1 aromatic heterocycles. The summed E-state index contributed by atoms with van der Waals surface area (Å²) in [6.45, 7) is 0. The molecule has 0 radical (unpaired) electrons. The van der Waals surface area contributed by atoms with Gasteiger partial charge in [0.05, 0.1) is 26.1 Å². The number of imidazole rings is 1. The van der Waals surface area contributed by atoms with Crippen molar-refractivity contribution in [2.75, 3.05) is 0 Å². The molecular weight excluding hydrogens is 368 g/mol. The summed E-state index contributed by atoms with van der Waals surface area (Å²) in [7, 11) is 0. The highest BCUT2D eigenvalue weighted by molar-refractivity contribution is 9.10. The van der Waals surface area contributed by atoms with Gasteiger partial charge in [0.1, 0.15) is 5.75 Å². The van der Waals surface area contributed by atoms with Gasteiger partial charge < -0.3 is 15.1 Å². The van der Waals surface area contributed by atoms with Gasteiger partial charge in [-0.25, -0.2) is 4.79 Å². The van der Waals surface area contributed by atoms with E-state index in [-0.39, 0.29) is 27.2 Å². The van der Waals surface area contributed by atoms with E-state index in [9.17, 15) is 20.0 Å². The third-order valence-corrected chi connectivity index (χ3v) is 3.75. The van der Waals surface area contributed by atoms with Crippen molar-refractivity contribution in [1.82, 2.24) is 9.97 Å². The van der Waals surface area contributed by atoms with E-state index < -0.39 is 4.92 Å². The molecule has 2 aromatic carbocycles. The first-order chi connectivity index (χ1) is 10.9. The normalized spacial score (nSPS) is 11.3. The topological polar surface area (TPSA) is 124 Å². The Kier molecular flexibility index (Phi) is 3.70. The van der Waals surface area contributed by atoms with Gasteiger partial charge in [0.15, 0.2) is 0 Å². The molecule has 0 fully saturated rings. The number of rotatable bonds is 3. The molecule has 9 heteroatoms. The Labute approximate surface area is 136 Å². The molecule has 8 nitrogen and oxygen atoms in total. The molecule has 3 aromatic rings. The lowest BCUT2D eigenvalue weighted by atomic mass is 10.2. The van der Waals surface area contributed by atoms with E-state index in [0.29, 0.717) is 16.7 Å². The van der Waals surface area contributed by atoms with E-state index >= 15 is 0 Å². The maximum atomic E-state index is 11.2. The van der Waals surface area contributed by atoms with Gasteiger partial charge in [-0.3, -0.25) is 15.1 Å². The number of fused-ring (bicyclic) bond motifs is 1. The van der Waals surface area contributed by atoms with Crippen LogP contribution in [0.1, 0.15) is 5.56 Å². The summed E-state index contributed by atoms with van der Waals surface area (Å²) in [5.74, 6) is -0.143. The summed E-state index contributed by atoms with van der Waals surface area (Å²) in [5.41, 5.74) is 1.48. The van der Waals surface area contributed by atoms with Gasteiger partial charge in [-0.1, -0.05) is 0 Å². The molecule has 3 N–H and O–H groups in total. The monoisotopic (exact) mass is 376 g/mol. The maximum Gasteiger partial charge on any atom is 0.323 e. The number of aromatic nitrogens is 2. The lowest BCUT2D eigenvalue weighted by Gasteiger charge is -2.02. The van der Waals surface area contributed by atoms with Crippen LogP contribution in [0.3, 0.4) is 0 Å². The van der Waals surface area contributed by atoms with Crippen LogP contribution >= 0.6 is 15.9 Å². The van der Waals surface area contributed by atoms with Gasteiger partial charge >= 0.3 is 5.69 Å². The number of aliphatic imine (C=N–C) groups is 1. The number of nitro benzene ring substituents is 1. The quantitative estimate of drug-likeness (QED) is 0.369. The lowest BCUT2D eigenvalue weighted by molar-refractivity contribution is -0.385. The molecule has 3 rings (SSSR count). The molecule has 0 amide bonds. The fourth-order valence-electron chi connectivity index (χ4n) is 2.05. The Morgan fingerprint density at radius 2 is 1.96 bits per heavy atom. The first-order valence-corrected chi connectivity index (χ1v) is 7.16. The largest absolute Gasteiger partial charge is 0.506 e. The summed E-state index contributed by atoms with van der Waals surface area (Å²) in [6.07, 6.45) is 1.32. The second-order valence-corrected chi connectivity index (χ2v) is 5.54. The van der Waals surface area contributed by atoms with Crippen molar-refractivity contribution < 1.29 is 10.0 Å². The molecule has 116 valence electrons. The van der Waals surface area contributed by atoms with Crippen molar-refractivity contribution in [3.63, 3.8) is 0 Å². The molecule has 23 heavy (non-hydrogen) atoms. The molecule has 0 saturated heterocycles. The third kappa shape index (κ3) is 2.99. The number of benzene rings is 2. The first kappa shape index (κ1) is 15.0. The van der Waals surface area contributed by atoms with E-state index in [0.717, 1.165) is 0 Å². The average Bonchev–Trinajstić information content (AvgIpc) is 2.87. The zero-order valence-electron chi connectivity index (χ0n) is 11.4. The lowest BCUT2D eigenvalue weighted by Crippen LogP contribution is -1.99. The summed E-state index contributed by atoms with van der Waals surface area (Å²) in [4.78, 5) is 30.9. The minimum atomic E-state index is -0.557. The van der Waals surface area contributed by atoms with E-state index in [2.05, 4.69) is 30.9 Å². The van der Waals surface area contributed by atoms with Gasteiger partial charge in [-0.15, -0.1) is 0 Å². The average molecular weight is 377 g/mol. The van der Waals surface area contributed by atoms with Crippen molar-refractivity contribution in [2.24, 2.45) is 4.99 Å². The number of nitrogens with one attached hydrogen (secondary N) is 2. The van der Waals surface area contributed by atoms with E-state index in [4.69, 9.17) is 0 Å². The Hall–Kier alpha value is -2.94. The second kappa shape index (κ2) is 5.69. The van der Waals surface area contributed by atoms with Crippen molar-refractivity contribution in [1.29, 1.82) is 0 Å². The van der Waals surface area contributed by atoms with Crippen LogP contribution in [-0.4, -0.2) is 26.2 Å². The molecule has 0 atom stereocenters. The van der Waals surface area contributed by atoms with Gasteiger partial charge in [-0.05, 0) is 34.1 Å². The van der Waals surface area contributed by atoms with Gasteiger partial charge in [-0.2, -0.15) is 0 Å². The predicted molar refractivity (Wildman–Crippen MR) is 88.6 cm³/mol. The second-order valence-electron chi connectivity index (χ2n) is 4.69. The standard InChI is InChI=1S/C14H9BrN4O4/c15-10-5-9(19(22)23)3-7(13(10)20)6-16-8-1-2-11-12(4-8)18-14(21)17-11/h1-6,20H,(H2,17,18,21). The number of hydrogen-bond donors (Lipinski definition) is 3. The number of halogens is 1. The van der Waals surface area contributed by atoms with Crippen LogP contribution in [0, 0.1) is 10.1 Å². The first-order valence-electron chi connectivity index (χ1n) is 6.37. The molecule has 0 bridgehead atoms. The van der Waals surface area contributed by atoms with Gasteiger partial charge in [0.25, 0.3) is 5.69 Å². The summed E-state index contributed by atoms with van der Waals surface area (Å²) >= 11 is 3.07. The smallest absolute Gasteiger partial charge is 0.323 e. The number of aromatic amines is 2. The third-order valence-electron chi connectivity index (χ3n) is 3.14. The van der Waals surface area contributed by atoms with Gasteiger partial charge in [0.2, 0.25) is 0 Å².